The van der Waals surface area contributed by atoms with Crippen LogP contribution in [0.4, 0.5) is 0 Å². The summed E-state index contributed by atoms with van der Waals surface area (Å²) >= 11 is 0. The summed E-state index contributed by atoms with van der Waals surface area (Å²) in [4.78, 5) is 17.7. The Bertz CT molecular complexity index is 789. The molecule has 6 nitrogen and oxygen atoms in total. The van der Waals surface area contributed by atoms with Crippen molar-refractivity contribution in [1.29, 1.82) is 0 Å². The first-order valence-corrected chi connectivity index (χ1v) is 9.40. The van der Waals surface area contributed by atoms with E-state index in [1.54, 1.807) is 4.68 Å². The highest BCUT2D eigenvalue weighted by molar-refractivity contribution is 5.94. The number of hydrogen-bond acceptors (Lipinski definition) is 4. The quantitative estimate of drug-likeness (QED) is 0.802. The number of aromatic nitrogens is 2. The number of amides is 1. The lowest BCUT2D eigenvalue weighted by atomic mass is 9.84. The van der Waals surface area contributed by atoms with Crippen molar-refractivity contribution in [1.82, 2.24) is 24.9 Å². The number of nitrogens with one attached hydrogen (secondary N) is 1. The van der Waals surface area contributed by atoms with Crippen LogP contribution in [0.1, 0.15) is 23.3 Å². The van der Waals surface area contributed by atoms with Crippen LogP contribution >= 0.6 is 24.8 Å². The van der Waals surface area contributed by atoms with Crippen LogP contribution in [0, 0.1) is 0 Å². The summed E-state index contributed by atoms with van der Waals surface area (Å²) in [6, 6.07) is 11.9. The van der Waals surface area contributed by atoms with E-state index in [1.165, 1.54) is 0 Å². The van der Waals surface area contributed by atoms with Crippen LogP contribution in [-0.2, 0) is 7.05 Å². The Labute approximate surface area is 179 Å². The van der Waals surface area contributed by atoms with Gasteiger partial charge >= 0.3 is 0 Å². The molecule has 4 rings (SSSR count). The van der Waals surface area contributed by atoms with Crippen LogP contribution < -0.4 is 5.32 Å². The zero-order valence-electron chi connectivity index (χ0n) is 16.4. The minimum Gasteiger partial charge on any atom is -0.334 e. The third-order valence-electron chi connectivity index (χ3n) is 5.99. The van der Waals surface area contributed by atoms with Crippen LogP contribution in [0.25, 0.3) is 11.3 Å². The Balaban J connectivity index is 0.00000140. The van der Waals surface area contributed by atoms with Gasteiger partial charge in [-0.2, -0.15) is 5.10 Å². The number of carbonyl (C=O) groups is 1. The third kappa shape index (κ3) is 4.20. The lowest BCUT2D eigenvalue weighted by Gasteiger charge is -2.51. The molecular formula is C20H29Cl2N5O. The SMILES string of the molecule is CN1CCN(C(=O)c2cc(-c3ccccc3)nn2C)CC12CCNCC2.Cl.Cl. The second-order valence-corrected chi connectivity index (χ2v) is 7.53. The zero-order valence-corrected chi connectivity index (χ0v) is 18.1. The van der Waals surface area contributed by atoms with E-state index in [1.807, 2.05) is 48.3 Å². The van der Waals surface area contributed by atoms with Gasteiger partial charge in [0.15, 0.2) is 0 Å². The molecule has 28 heavy (non-hydrogen) atoms. The lowest BCUT2D eigenvalue weighted by Crippen LogP contribution is -2.65. The van der Waals surface area contributed by atoms with Gasteiger partial charge in [-0.25, -0.2) is 0 Å². The number of benzene rings is 1. The molecule has 0 atom stereocenters. The summed E-state index contributed by atoms with van der Waals surface area (Å²) in [6.07, 6.45) is 2.18. The highest BCUT2D eigenvalue weighted by atomic mass is 35.5. The van der Waals surface area contributed by atoms with Gasteiger partial charge in [-0.05, 0) is 39.0 Å². The molecule has 8 heteroatoms. The van der Waals surface area contributed by atoms with E-state index in [0.717, 1.165) is 56.8 Å². The summed E-state index contributed by atoms with van der Waals surface area (Å²) in [5, 5.41) is 8.00. The summed E-state index contributed by atoms with van der Waals surface area (Å²) in [7, 11) is 4.06. The van der Waals surface area contributed by atoms with Crippen molar-refractivity contribution in [2.75, 3.05) is 39.8 Å². The third-order valence-corrected chi connectivity index (χ3v) is 5.99. The summed E-state index contributed by atoms with van der Waals surface area (Å²) in [5.74, 6) is 0.0909. The van der Waals surface area contributed by atoms with Gasteiger partial charge in [0.05, 0.1) is 5.69 Å². The number of hydrogen-bond donors (Lipinski definition) is 1. The molecule has 0 radical (unpaired) electrons. The van der Waals surface area contributed by atoms with E-state index in [4.69, 9.17) is 0 Å². The van der Waals surface area contributed by atoms with Gasteiger partial charge < -0.3 is 10.2 Å². The standard InChI is InChI=1S/C20H27N5O.2ClH/c1-23-12-13-25(15-20(23)8-10-21-11-9-20)19(26)18-14-17(22-24(18)2)16-6-4-3-5-7-16;;/h3-7,14,21H,8-13,15H2,1-2H3;2*1H. The molecule has 1 aromatic heterocycles. The fourth-order valence-corrected chi connectivity index (χ4v) is 4.25. The lowest BCUT2D eigenvalue weighted by molar-refractivity contribution is -0.00144. The summed E-state index contributed by atoms with van der Waals surface area (Å²) < 4.78 is 1.72. The first kappa shape index (κ1) is 22.7. The van der Waals surface area contributed by atoms with Gasteiger partial charge in [-0.3, -0.25) is 14.4 Å². The Kier molecular flexibility index (Phi) is 7.51. The van der Waals surface area contributed by atoms with E-state index < -0.39 is 0 Å². The summed E-state index contributed by atoms with van der Waals surface area (Å²) in [6.45, 7) is 4.55. The largest absolute Gasteiger partial charge is 0.334 e. The molecule has 2 aliphatic rings. The van der Waals surface area contributed by atoms with Crippen LogP contribution in [0.5, 0.6) is 0 Å². The maximum Gasteiger partial charge on any atom is 0.272 e. The molecule has 0 aliphatic carbocycles. The molecule has 0 bridgehead atoms. The fourth-order valence-electron chi connectivity index (χ4n) is 4.25. The smallest absolute Gasteiger partial charge is 0.272 e. The molecule has 1 amide bonds. The normalized spacial score (nSPS) is 19.0. The van der Waals surface area contributed by atoms with Crippen LogP contribution in [0.3, 0.4) is 0 Å². The molecule has 2 aliphatic heterocycles. The fraction of sp³-hybridized carbons (Fsp3) is 0.500. The maximum atomic E-state index is 13.2. The average molecular weight is 426 g/mol. The first-order chi connectivity index (χ1) is 12.6. The molecule has 1 aromatic carbocycles. The number of aryl methyl sites for hydroxylation is 1. The van der Waals surface area contributed by atoms with E-state index in [9.17, 15) is 4.79 Å². The molecule has 2 aromatic rings. The Hall–Kier alpha value is -1.60. The summed E-state index contributed by atoms with van der Waals surface area (Å²) in [5.41, 5.74) is 2.66. The number of piperazine rings is 1. The number of rotatable bonds is 2. The number of halogens is 2. The zero-order chi connectivity index (χ0) is 18.1. The van der Waals surface area contributed by atoms with Crippen molar-refractivity contribution in [2.45, 2.75) is 18.4 Å². The Morgan fingerprint density at radius 2 is 1.75 bits per heavy atom. The van der Waals surface area contributed by atoms with Crippen LogP contribution in [0.2, 0.25) is 0 Å². The van der Waals surface area contributed by atoms with Gasteiger partial charge in [0.2, 0.25) is 0 Å². The van der Waals surface area contributed by atoms with E-state index >= 15 is 0 Å². The predicted molar refractivity (Wildman–Crippen MR) is 117 cm³/mol. The van der Waals surface area contributed by atoms with E-state index in [0.29, 0.717) is 5.69 Å². The van der Waals surface area contributed by atoms with Gasteiger partial charge in [0.25, 0.3) is 5.91 Å². The van der Waals surface area contributed by atoms with Crippen LogP contribution in [-0.4, -0.2) is 70.8 Å². The number of nitrogens with zero attached hydrogens (tertiary/aromatic N) is 4. The van der Waals surface area contributed by atoms with E-state index in [2.05, 4.69) is 22.4 Å². The average Bonchev–Trinajstić information content (AvgIpc) is 3.07. The van der Waals surface area contributed by atoms with Crippen molar-refractivity contribution in [3.8, 4) is 11.3 Å². The first-order valence-electron chi connectivity index (χ1n) is 9.40. The monoisotopic (exact) mass is 425 g/mol. The number of likely N-dealkylation sites (N-methyl/N-ethyl adjacent to an activating group) is 1. The van der Waals surface area contributed by atoms with Crippen molar-refractivity contribution in [2.24, 2.45) is 7.05 Å². The molecule has 154 valence electrons. The Morgan fingerprint density at radius 1 is 1.07 bits per heavy atom. The topological polar surface area (TPSA) is 53.4 Å². The number of piperidine rings is 1. The molecule has 3 heterocycles. The van der Waals surface area contributed by atoms with Gasteiger partial charge in [0, 0.05) is 37.8 Å². The Morgan fingerprint density at radius 3 is 2.43 bits per heavy atom. The second kappa shape index (κ2) is 9.27. The molecule has 1 N–H and O–H groups in total. The molecule has 0 saturated carbocycles. The predicted octanol–water partition coefficient (Wildman–Crippen LogP) is 2.44. The van der Waals surface area contributed by atoms with Crippen molar-refractivity contribution < 1.29 is 4.79 Å². The maximum absolute atomic E-state index is 13.2. The van der Waals surface area contributed by atoms with Gasteiger partial charge in [0.1, 0.15) is 5.69 Å². The second-order valence-electron chi connectivity index (χ2n) is 7.53. The molecular weight excluding hydrogens is 397 g/mol. The highest BCUT2D eigenvalue weighted by Gasteiger charge is 2.42. The molecule has 1 spiro atoms. The molecule has 2 saturated heterocycles. The minimum absolute atomic E-state index is 0. The molecule has 0 unspecified atom stereocenters. The van der Waals surface area contributed by atoms with Crippen molar-refractivity contribution in [3.63, 3.8) is 0 Å². The molecule has 2 fully saturated rings. The van der Waals surface area contributed by atoms with Crippen LogP contribution in [0.15, 0.2) is 36.4 Å². The minimum atomic E-state index is 0. The van der Waals surface area contributed by atoms with Gasteiger partial charge in [-0.1, -0.05) is 30.3 Å². The van der Waals surface area contributed by atoms with Crippen molar-refractivity contribution >= 4 is 30.7 Å². The van der Waals surface area contributed by atoms with Crippen molar-refractivity contribution in [3.05, 3.63) is 42.1 Å². The van der Waals surface area contributed by atoms with E-state index in [-0.39, 0.29) is 36.3 Å². The highest BCUT2D eigenvalue weighted by Crippen LogP contribution is 2.30. The van der Waals surface area contributed by atoms with Gasteiger partial charge in [-0.15, -0.1) is 24.8 Å². The number of carbonyl (C=O) groups excluding carboxylic acids is 1.